The lowest BCUT2D eigenvalue weighted by molar-refractivity contribution is 1.09. The number of aromatic nitrogens is 2. The van der Waals surface area contributed by atoms with Gasteiger partial charge in [0, 0.05) is 11.8 Å². The first kappa shape index (κ1) is 11.4. The second-order valence-electron chi connectivity index (χ2n) is 3.45. The standard InChI is InChI=1S/C13H9N5/c14-6-10(7-15)8-16-13-12(9-17-18-13)11-4-2-1-3-5-11/h1-5,8-9H,(H2,16,17,18). The predicted octanol–water partition coefficient (Wildman–Crippen LogP) is 2.42. The maximum atomic E-state index is 8.63. The summed E-state index contributed by atoms with van der Waals surface area (Å²) >= 11 is 0. The zero-order chi connectivity index (χ0) is 12.8. The van der Waals surface area contributed by atoms with Crippen molar-refractivity contribution in [2.45, 2.75) is 0 Å². The topological polar surface area (TPSA) is 88.3 Å². The molecule has 5 heteroatoms. The molecule has 2 N–H and O–H groups in total. The fourth-order valence-corrected chi connectivity index (χ4v) is 1.47. The molecule has 0 fully saturated rings. The van der Waals surface area contributed by atoms with Crippen LogP contribution in [-0.4, -0.2) is 10.2 Å². The van der Waals surface area contributed by atoms with Crippen LogP contribution in [0.2, 0.25) is 0 Å². The molecule has 0 atom stereocenters. The van der Waals surface area contributed by atoms with Crippen LogP contribution in [0, 0.1) is 22.7 Å². The second-order valence-corrected chi connectivity index (χ2v) is 3.45. The molecule has 86 valence electrons. The monoisotopic (exact) mass is 235 g/mol. The second kappa shape index (κ2) is 5.33. The first-order chi connectivity index (χ1) is 8.85. The molecule has 2 rings (SSSR count). The van der Waals surface area contributed by atoms with E-state index in [0.717, 1.165) is 11.1 Å². The highest BCUT2D eigenvalue weighted by molar-refractivity contribution is 5.75. The maximum Gasteiger partial charge on any atom is 0.145 e. The quantitative estimate of drug-likeness (QED) is 0.799. The number of hydrogen-bond acceptors (Lipinski definition) is 4. The number of hydrogen-bond donors (Lipinski definition) is 2. The Kier molecular flexibility index (Phi) is 3.39. The van der Waals surface area contributed by atoms with Crippen LogP contribution in [0.5, 0.6) is 0 Å². The molecular weight excluding hydrogens is 226 g/mol. The first-order valence-electron chi connectivity index (χ1n) is 5.21. The van der Waals surface area contributed by atoms with E-state index in [1.807, 2.05) is 30.3 Å². The number of nitrogens with one attached hydrogen (secondary N) is 2. The summed E-state index contributed by atoms with van der Waals surface area (Å²) < 4.78 is 0. The third-order valence-corrected chi connectivity index (χ3v) is 2.33. The van der Waals surface area contributed by atoms with Crippen LogP contribution in [0.15, 0.2) is 48.3 Å². The third kappa shape index (κ3) is 2.37. The van der Waals surface area contributed by atoms with Crippen molar-refractivity contribution < 1.29 is 0 Å². The summed E-state index contributed by atoms with van der Waals surface area (Å²) in [6, 6.07) is 13.2. The highest BCUT2D eigenvalue weighted by Crippen LogP contribution is 2.25. The Morgan fingerprint density at radius 3 is 2.61 bits per heavy atom. The number of H-pyrrole nitrogens is 1. The molecule has 0 saturated heterocycles. The minimum absolute atomic E-state index is 0.00334. The molecule has 0 spiro atoms. The summed E-state index contributed by atoms with van der Waals surface area (Å²) in [6.07, 6.45) is 3.03. The molecule has 2 aromatic rings. The summed E-state index contributed by atoms with van der Waals surface area (Å²) in [4.78, 5) is 0. The average Bonchev–Trinajstić information content (AvgIpc) is 2.89. The zero-order valence-corrected chi connectivity index (χ0v) is 9.38. The molecule has 1 aromatic heterocycles. The SMILES string of the molecule is N#CC(C#N)=CNc1[nH]ncc1-c1ccccc1. The fourth-order valence-electron chi connectivity index (χ4n) is 1.47. The van der Waals surface area contributed by atoms with Gasteiger partial charge in [-0.1, -0.05) is 30.3 Å². The van der Waals surface area contributed by atoms with Gasteiger partial charge in [0.25, 0.3) is 0 Å². The fraction of sp³-hybridized carbons (Fsp3) is 0. The molecule has 5 nitrogen and oxygen atoms in total. The van der Waals surface area contributed by atoms with Gasteiger partial charge in [0.15, 0.2) is 0 Å². The van der Waals surface area contributed by atoms with E-state index in [4.69, 9.17) is 10.5 Å². The summed E-state index contributed by atoms with van der Waals surface area (Å²) in [5.41, 5.74) is 1.88. The molecule has 0 radical (unpaired) electrons. The predicted molar refractivity (Wildman–Crippen MR) is 67.0 cm³/mol. The lowest BCUT2D eigenvalue weighted by Crippen LogP contribution is -1.92. The lowest BCUT2D eigenvalue weighted by atomic mass is 10.1. The van der Waals surface area contributed by atoms with E-state index in [-0.39, 0.29) is 5.57 Å². The average molecular weight is 235 g/mol. The minimum atomic E-state index is 0.00334. The molecular formula is C13H9N5. The molecule has 0 aliphatic carbocycles. The van der Waals surface area contributed by atoms with Gasteiger partial charge in [0.2, 0.25) is 0 Å². The molecule has 0 aliphatic heterocycles. The Bertz CT molecular complexity index is 624. The van der Waals surface area contributed by atoms with Crippen LogP contribution in [0.25, 0.3) is 11.1 Å². The summed E-state index contributed by atoms with van der Waals surface area (Å²) in [7, 11) is 0. The Hall–Kier alpha value is -3.05. The summed E-state index contributed by atoms with van der Waals surface area (Å²) in [5, 5.41) is 26.9. The van der Waals surface area contributed by atoms with E-state index in [2.05, 4.69) is 15.5 Å². The molecule has 0 amide bonds. The van der Waals surface area contributed by atoms with Gasteiger partial charge in [-0.05, 0) is 5.56 Å². The Morgan fingerprint density at radius 2 is 1.94 bits per heavy atom. The molecule has 0 saturated carbocycles. The van der Waals surface area contributed by atoms with Gasteiger partial charge >= 0.3 is 0 Å². The van der Waals surface area contributed by atoms with Gasteiger partial charge < -0.3 is 5.32 Å². The zero-order valence-electron chi connectivity index (χ0n) is 9.38. The lowest BCUT2D eigenvalue weighted by Gasteiger charge is -2.02. The van der Waals surface area contributed by atoms with Gasteiger partial charge in [-0.2, -0.15) is 15.6 Å². The number of nitrogens with zero attached hydrogens (tertiary/aromatic N) is 3. The van der Waals surface area contributed by atoms with Gasteiger partial charge in [-0.25, -0.2) is 0 Å². The number of benzene rings is 1. The summed E-state index contributed by atoms with van der Waals surface area (Å²) in [5.74, 6) is 0.643. The van der Waals surface area contributed by atoms with Crippen molar-refractivity contribution in [2.24, 2.45) is 0 Å². The van der Waals surface area contributed by atoms with Gasteiger partial charge in [-0.15, -0.1) is 0 Å². The molecule has 18 heavy (non-hydrogen) atoms. The number of anilines is 1. The highest BCUT2D eigenvalue weighted by atomic mass is 15.2. The Labute approximate surface area is 104 Å². The number of nitriles is 2. The van der Waals surface area contributed by atoms with Gasteiger partial charge in [-0.3, -0.25) is 5.10 Å². The van der Waals surface area contributed by atoms with Crippen LogP contribution in [0.1, 0.15) is 0 Å². The van der Waals surface area contributed by atoms with Crippen LogP contribution in [0.3, 0.4) is 0 Å². The molecule has 1 heterocycles. The van der Waals surface area contributed by atoms with Crippen molar-refractivity contribution in [3.63, 3.8) is 0 Å². The van der Waals surface area contributed by atoms with Crippen LogP contribution in [0.4, 0.5) is 5.82 Å². The minimum Gasteiger partial charge on any atom is -0.344 e. The van der Waals surface area contributed by atoms with Gasteiger partial charge in [0.05, 0.1) is 6.20 Å². The van der Waals surface area contributed by atoms with E-state index < -0.39 is 0 Å². The van der Waals surface area contributed by atoms with Crippen LogP contribution in [-0.2, 0) is 0 Å². The summed E-state index contributed by atoms with van der Waals surface area (Å²) in [6.45, 7) is 0. The smallest absolute Gasteiger partial charge is 0.145 e. The molecule has 0 unspecified atom stereocenters. The normalized spacial score (nSPS) is 9.00. The van der Waals surface area contributed by atoms with Crippen LogP contribution >= 0.6 is 0 Å². The van der Waals surface area contributed by atoms with Crippen molar-refractivity contribution in [3.8, 4) is 23.3 Å². The van der Waals surface area contributed by atoms with Crippen molar-refractivity contribution in [1.29, 1.82) is 10.5 Å². The number of allylic oxidation sites excluding steroid dienone is 1. The Balaban J connectivity index is 2.28. The maximum absolute atomic E-state index is 8.63. The van der Waals surface area contributed by atoms with Gasteiger partial charge in [0.1, 0.15) is 23.5 Å². The number of aromatic amines is 1. The third-order valence-electron chi connectivity index (χ3n) is 2.33. The van der Waals surface area contributed by atoms with E-state index in [0.29, 0.717) is 5.82 Å². The van der Waals surface area contributed by atoms with Crippen molar-refractivity contribution in [3.05, 3.63) is 48.3 Å². The van der Waals surface area contributed by atoms with Crippen LogP contribution < -0.4 is 5.32 Å². The van der Waals surface area contributed by atoms with Crippen molar-refractivity contribution in [2.75, 3.05) is 5.32 Å². The molecule has 0 bridgehead atoms. The molecule has 1 aromatic carbocycles. The first-order valence-corrected chi connectivity index (χ1v) is 5.21. The van der Waals surface area contributed by atoms with E-state index in [9.17, 15) is 0 Å². The highest BCUT2D eigenvalue weighted by Gasteiger charge is 2.05. The largest absolute Gasteiger partial charge is 0.344 e. The molecule has 0 aliphatic rings. The van der Waals surface area contributed by atoms with E-state index >= 15 is 0 Å². The van der Waals surface area contributed by atoms with E-state index in [1.165, 1.54) is 6.20 Å². The number of rotatable bonds is 3. The Morgan fingerprint density at radius 1 is 1.22 bits per heavy atom. The van der Waals surface area contributed by atoms with E-state index in [1.54, 1.807) is 18.3 Å². The van der Waals surface area contributed by atoms with Crippen molar-refractivity contribution in [1.82, 2.24) is 10.2 Å². The van der Waals surface area contributed by atoms with Crippen molar-refractivity contribution >= 4 is 5.82 Å².